The highest BCUT2D eigenvalue weighted by molar-refractivity contribution is 9.11. The monoisotopic (exact) mass is 451 g/mol. The molecular formula is C16H10BrN3O4S2. The predicted octanol–water partition coefficient (Wildman–Crippen LogP) is 4.05. The number of aromatic nitrogens is 2. The van der Waals surface area contributed by atoms with E-state index in [0.29, 0.717) is 15.8 Å². The Morgan fingerprint density at radius 1 is 1.35 bits per heavy atom. The molecule has 3 aromatic heterocycles. The first kappa shape index (κ1) is 17.1. The van der Waals surface area contributed by atoms with E-state index in [2.05, 4.69) is 26.1 Å². The fourth-order valence-corrected chi connectivity index (χ4v) is 4.85. The lowest BCUT2D eigenvalue weighted by Gasteiger charge is -2.22. The Kier molecular flexibility index (Phi) is 4.25. The van der Waals surface area contributed by atoms with Crippen LogP contribution in [0.3, 0.4) is 0 Å². The van der Waals surface area contributed by atoms with Crippen LogP contribution < -0.4 is 4.90 Å². The van der Waals surface area contributed by atoms with E-state index in [4.69, 9.17) is 4.42 Å². The molecule has 1 aliphatic heterocycles. The first-order chi connectivity index (χ1) is 12.5. The van der Waals surface area contributed by atoms with Crippen LogP contribution in [0, 0.1) is 6.92 Å². The summed E-state index contributed by atoms with van der Waals surface area (Å²) in [6.07, 6.45) is 0. The molecule has 3 aromatic rings. The average molecular weight is 452 g/mol. The number of aliphatic hydroxyl groups is 1. The Morgan fingerprint density at radius 3 is 2.73 bits per heavy atom. The van der Waals surface area contributed by atoms with Gasteiger partial charge in [-0.2, -0.15) is 0 Å². The van der Waals surface area contributed by atoms with Crippen LogP contribution in [0.1, 0.15) is 27.2 Å². The fraction of sp³-hybridized carbons (Fsp3) is 0.125. The van der Waals surface area contributed by atoms with Crippen LogP contribution in [0.5, 0.6) is 0 Å². The zero-order chi connectivity index (χ0) is 18.4. The number of carbonyl (C=O) groups is 2. The second kappa shape index (κ2) is 6.45. The fourth-order valence-electron chi connectivity index (χ4n) is 2.74. The number of hydrogen-bond donors (Lipinski definition) is 1. The van der Waals surface area contributed by atoms with Gasteiger partial charge in [0.05, 0.1) is 9.36 Å². The molecular weight excluding hydrogens is 442 g/mol. The molecule has 0 saturated heterocycles. The number of Topliss-reactive ketones (excluding diaryl/α,β-unsaturated/α-hetero) is 1. The molecule has 0 spiro atoms. The number of aliphatic hydroxyl groups excluding tert-OH is 1. The standard InChI is InChI=1S/C16H10BrN3O4S2/c1-7-2-3-8(24-7)13(21)11-12(9-4-5-10(17)26-9)20(15(23)14(11)22)16-19-18-6-25-16/h2-6,12,22H,1H3. The molecule has 26 heavy (non-hydrogen) atoms. The van der Waals surface area contributed by atoms with E-state index in [0.717, 1.165) is 15.1 Å². The Labute approximate surface area is 163 Å². The van der Waals surface area contributed by atoms with Crippen LogP contribution >= 0.6 is 38.6 Å². The third-order valence-electron chi connectivity index (χ3n) is 3.84. The van der Waals surface area contributed by atoms with Gasteiger partial charge < -0.3 is 9.52 Å². The van der Waals surface area contributed by atoms with Gasteiger partial charge in [0.1, 0.15) is 17.3 Å². The highest BCUT2D eigenvalue weighted by Crippen LogP contribution is 2.45. The largest absolute Gasteiger partial charge is 0.503 e. The van der Waals surface area contributed by atoms with Crippen molar-refractivity contribution in [3.05, 3.63) is 61.3 Å². The minimum Gasteiger partial charge on any atom is -0.503 e. The van der Waals surface area contributed by atoms with Gasteiger partial charge in [-0.3, -0.25) is 14.5 Å². The van der Waals surface area contributed by atoms with Crippen molar-refractivity contribution in [2.24, 2.45) is 0 Å². The molecule has 0 aliphatic carbocycles. The van der Waals surface area contributed by atoms with Gasteiger partial charge in [-0.05, 0) is 47.1 Å². The number of aryl methyl sites for hydroxylation is 1. The van der Waals surface area contributed by atoms with Crippen molar-refractivity contribution >= 4 is 55.4 Å². The van der Waals surface area contributed by atoms with Crippen molar-refractivity contribution in [3.8, 4) is 0 Å². The number of nitrogens with zero attached hydrogens (tertiary/aromatic N) is 3. The third kappa shape index (κ3) is 2.70. The number of anilines is 1. The van der Waals surface area contributed by atoms with Gasteiger partial charge in [-0.25, -0.2) is 0 Å². The van der Waals surface area contributed by atoms with E-state index in [1.165, 1.54) is 27.8 Å². The van der Waals surface area contributed by atoms with Crippen LogP contribution in [0.15, 0.2) is 49.3 Å². The zero-order valence-electron chi connectivity index (χ0n) is 13.2. The second-order valence-electron chi connectivity index (χ2n) is 5.44. The summed E-state index contributed by atoms with van der Waals surface area (Å²) in [7, 11) is 0. The Bertz CT molecular complexity index is 1040. The molecule has 4 rings (SSSR count). The molecule has 1 atom stereocenters. The zero-order valence-corrected chi connectivity index (χ0v) is 16.4. The van der Waals surface area contributed by atoms with E-state index in [1.54, 1.807) is 19.1 Å². The lowest BCUT2D eigenvalue weighted by molar-refractivity contribution is -0.117. The maximum atomic E-state index is 13.0. The molecule has 0 radical (unpaired) electrons. The number of rotatable bonds is 4. The van der Waals surface area contributed by atoms with Crippen molar-refractivity contribution in [2.75, 3.05) is 4.90 Å². The predicted molar refractivity (Wildman–Crippen MR) is 99.6 cm³/mol. The van der Waals surface area contributed by atoms with E-state index in [9.17, 15) is 14.7 Å². The Balaban J connectivity index is 1.86. The Hall–Kier alpha value is -2.30. The summed E-state index contributed by atoms with van der Waals surface area (Å²) in [5.41, 5.74) is 1.45. The summed E-state index contributed by atoms with van der Waals surface area (Å²) in [4.78, 5) is 27.7. The van der Waals surface area contributed by atoms with Crippen LogP contribution in [-0.4, -0.2) is 27.0 Å². The van der Waals surface area contributed by atoms with Gasteiger partial charge in [0.2, 0.25) is 10.9 Å². The van der Waals surface area contributed by atoms with E-state index in [-0.39, 0.29) is 11.3 Å². The van der Waals surface area contributed by atoms with E-state index in [1.807, 2.05) is 6.07 Å². The summed E-state index contributed by atoms with van der Waals surface area (Å²) in [5.74, 6) is -1.20. The number of thiophene rings is 1. The minimum absolute atomic E-state index is 0.0334. The number of furan rings is 1. The van der Waals surface area contributed by atoms with Crippen LogP contribution in [0.2, 0.25) is 0 Å². The highest BCUT2D eigenvalue weighted by atomic mass is 79.9. The molecule has 1 N–H and O–H groups in total. The van der Waals surface area contributed by atoms with Gasteiger partial charge >= 0.3 is 0 Å². The molecule has 1 aliphatic rings. The van der Waals surface area contributed by atoms with Crippen molar-refractivity contribution in [3.63, 3.8) is 0 Å². The molecule has 0 bridgehead atoms. The average Bonchev–Trinajstić information content (AvgIpc) is 3.37. The number of carbonyl (C=O) groups excluding carboxylic acids is 2. The number of amides is 1. The van der Waals surface area contributed by atoms with Crippen LogP contribution in [0.25, 0.3) is 0 Å². The summed E-state index contributed by atoms with van der Waals surface area (Å²) in [6.45, 7) is 1.71. The molecule has 0 saturated carbocycles. The van der Waals surface area contributed by atoms with Gasteiger partial charge in [-0.15, -0.1) is 21.5 Å². The summed E-state index contributed by atoms with van der Waals surface area (Å²) >= 11 is 5.90. The molecule has 0 fully saturated rings. The number of halogens is 1. The van der Waals surface area contributed by atoms with Crippen molar-refractivity contribution in [1.29, 1.82) is 0 Å². The first-order valence-corrected chi connectivity index (χ1v) is 9.85. The lowest BCUT2D eigenvalue weighted by Crippen LogP contribution is -2.30. The summed E-state index contributed by atoms with van der Waals surface area (Å²) < 4.78 is 6.24. The molecule has 10 heteroatoms. The highest BCUT2D eigenvalue weighted by Gasteiger charge is 2.47. The summed E-state index contributed by atoms with van der Waals surface area (Å²) in [5, 5.41) is 18.5. The van der Waals surface area contributed by atoms with E-state index >= 15 is 0 Å². The minimum atomic E-state index is -0.801. The maximum Gasteiger partial charge on any atom is 0.296 e. The van der Waals surface area contributed by atoms with Crippen molar-refractivity contribution < 1.29 is 19.1 Å². The van der Waals surface area contributed by atoms with Gasteiger partial charge in [0.25, 0.3) is 5.91 Å². The third-order valence-corrected chi connectivity index (χ3v) is 6.20. The van der Waals surface area contributed by atoms with Crippen LogP contribution in [0.4, 0.5) is 5.13 Å². The lowest BCUT2D eigenvalue weighted by atomic mass is 10.0. The normalized spacial score (nSPS) is 17.4. The van der Waals surface area contributed by atoms with Crippen LogP contribution in [-0.2, 0) is 4.79 Å². The summed E-state index contributed by atoms with van der Waals surface area (Å²) in [6, 6.07) is 5.99. The smallest absolute Gasteiger partial charge is 0.296 e. The SMILES string of the molecule is Cc1ccc(C(=O)C2=C(O)C(=O)N(c3nncs3)C2c2ccc(Br)s2)o1. The number of hydrogen-bond acceptors (Lipinski definition) is 8. The van der Waals surface area contributed by atoms with Gasteiger partial charge in [0.15, 0.2) is 11.5 Å². The Morgan fingerprint density at radius 2 is 2.15 bits per heavy atom. The van der Waals surface area contributed by atoms with Gasteiger partial charge in [-0.1, -0.05) is 11.3 Å². The van der Waals surface area contributed by atoms with Crippen molar-refractivity contribution in [1.82, 2.24) is 10.2 Å². The maximum absolute atomic E-state index is 13.0. The second-order valence-corrected chi connectivity index (χ2v) is 8.75. The quantitative estimate of drug-likeness (QED) is 0.600. The first-order valence-electron chi connectivity index (χ1n) is 7.36. The molecule has 7 nitrogen and oxygen atoms in total. The molecule has 4 heterocycles. The molecule has 132 valence electrons. The van der Waals surface area contributed by atoms with Crippen molar-refractivity contribution in [2.45, 2.75) is 13.0 Å². The molecule has 1 amide bonds. The molecule has 1 unspecified atom stereocenters. The van der Waals surface area contributed by atoms with Gasteiger partial charge in [0, 0.05) is 4.88 Å². The number of ketones is 1. The van der Waals surface area contributed by atoms with E-state index < -0.39 is 23.5 Å². The molecule has 0 aromatic carbocycles. The topological polar surface area (TPSA) is 96.5 Å².